The molecular weight excluding hydrogens is 712 g/mol. The third-order valence-corrected chi connectivity index (χ3v) is 9.25. The second kappa shape index (κ2) is 8.60. The summed E-state index contributed by atoms with van der Waals surface area (Å²) in [7, 11) is -10.3. The standard InChI is InChI=1S/Ni.2H3O4P.6O.2W/c;2*1-5(2,3)4;;;;;;;;/h;2*(H3,1,2,3,4);;;;;;;;/q+2;;;;;;;2*-1;2*+1/p-2. The largest absolute Gasteiger partial charge is 2.00 e. The molecule has 0 fully saturated rings. The van der Waals surface area contributed by atoms with Crippen molar-refractivity contribution in [3.05, 3.63) is 0 Å². The molecular formula is H4NiO14P2W2. The van der Waals surface area contributed by atoms with Crippen molar-refractivity contribution >= 4 is 15.6 Å². The van der Waals surface area contributed by atoms with E-state index in [1.807, 2.05) is 0 Å². The average Bonchev–Trinajstić information content (AvgIpc) is 1.64. The molecule has 0 atom stereocenters. The van der Waals surface area contributed by atoms with Gasteiger partial charge in [-0.15, -0.1) is 0 Å². The van der Waals surface area contributed by atoms with Crippen molar-refractivity contribution in [2.24, 2.45) is 0 Å². The Morgan fingerprint density at radius 3 is 0.895 bits per heavy atom. The van der Waals surface area contributed by atoms with Gasteiger partial charge < -0.3 is 0 Å². The molecule has 0 aliphatic rings. The van der Waals surface area contributed by atoms with E-state index in [4.69, 9.17) is 19.6 Å². The minimum atomic E-state index is -6.44. The Hall–Kier alpha value is 1.21. The fraction of sp³-hybridized carbons (Fsp3) is 0. The van der Waals surface area contributed by atoms with Crippen LogP contribution in [0.4, 0.5) is 0 Å². The van der Waals surface area contributed by atoms with E-state index in [1.54, 1.807) is 0 Å². The maximum atomic E-state index is 9.57. The number of phosphoric acid groups is 2. The van der Waals surface area contributed by atoms with Crippen molar-refractivity contribution in [1.82, 2.24) is 0 Å². The molecule has 0 aliphatic carbocycles. The third kappa shape index (κ3) is 32.6. The maximum absolute atomic E-state index is 9.57. The summed E-state index contributed by atoms with van der Waals surface area (Å²) < 4.78 is 81.8. The van der Waals surface area contributed by atoms with Gasteiger partial charge in [-0.05, 0) is 0 Å². The SMILES string of the molecule is O=P(O)(O)[O][W](=[O])(=[O])[O-].O=P(O)(O)[O][W](=[O])(=[O])[O-].[Ni+2]. The Balaban J connectivity index is -0.000000256. The first-order valence-electron chi connectivity index (χ1n) is 2.86. The van der Waals surface area contributed by atoms with Crippen molar-refractivity contribution < 1.29 is 106 Å². The monoisotopic (exact) mass is 716 g/mol. The van der Waals surface area contributed by atoms with Gasteiger partial charge in [-0.2, -0.15) is 0 Å². The van der Waals surface area contributed by atoms with Gasteiger partial charge in [0.25, 0.3) is 0 Å². The van der Waals surface area contributed by atoms with Crippen LogP contribution in [0.5, 0.6) is 0 Å². The van der Waals surface area contributed by atoms with Crippen LogP contribution >= 0.6 is 15.6 Å². The van der Waals surface area contributed by atoms with Gasteiger partial charge in [0.1, 0.15) is 0 Å². The van der Waals surface area contributed by atoms with Crippen LogP contribution in [0.15, 0.2) is 0 Å². The predicted molar refractivity (Wildman–Crippen MR) is 29.0 cm³/mol. The number of hydrogen-bond acceptors (Lipinski definition) is 10. The Bertz CT molecular complexity index is 488. The van der Waals surface area contributed by atoms with Gasteiger partial charge in [-0.3, -0.25) is 0 Å². The molecule has 19 heteroatoms. The Morgan fingerprint density at radius 1 is 0.737 bits per heavy atom. The van der Waals surface area contributed by atoms with Crippen molar-refractivity contribution in [2.75, 3.05) is 0 Å². The van der Waals surface area contributed by atoms with Crippen LogP contribution in [0.3, 0.4) is 0 Å². The molecule has 0 aromatic carbocycles. The van der Waals surface area contributed by atoms with E-state index in [1.165, 1.54) is 0 Å². The molecule has 0 aliphatic heterocycles. The summed E-state index contributed by atoms with van der Waals surface area (Å²) in [6.07, 6.45) is 0. The first kappa shape index (κ1) is 25.2. The number of rotatable bonds is 4. The summed E-state index contributed by atoms with van der Waals surface area (Å²) in [6.45, 7) is 0. The summed E-state index contributed by atoms with van der Waals surface area (Å²) in [4.78, 5) is 30.8. The van der Waals surface area contributed by atoms with Crippen molar-refractivity contribution in [2.45, 2.75) is 0 Å². The molecule has 0 saturated heterocycles. The number of hydrogen-bond donors (Lipinski definition) is 4. The summed E-state index contributed by atoms with van der Waals surface area (Å²) in [6, 6.07) is 0. The summed E-state index contributed by atoms with van der Waals surface area (Å²) in [5, 5.41) is 0. The smallest absolute Gasteiger partial charge is 2.00 e. The van der Waals surface area contributed by atoms with E-state index >= 15 is 0 Å². The molecule has 19 heavy (non-hydrogen) atoms. The predicted octanol–water partition coefficient (Wildman–Crippen LogP) is -3.74. The summed E-state index contributed by atoms with van der Waals surface area (Å²) >= 11 is -12.9. The molecule has 0 saturated carbocycles. The van der Waals surface area contributed by atoms with Crippen LogP contribution in [-0.4, -0.2) is 19.6 Å². The van der Waals surface area contributed by atoms with E-state index < -0.39 is 49.1 Å². The van der Waals surface area contributed by atoms with Crippen LogP contribution in [0.1, 0.15) is 0 Å². The first-order valence-corrected chi connectivity index (χ1v) is 15.5. The Kier molecular flexibility index (Phi) is 11.4. The minimum Gasteiger partial charge on any atom is 2.00 e. The van der Waals surface area contributed by atoms with E-state index in [-0.39, 0.29) is 16.5 Å². The summed E-state index contributed by atoms with van der Waals surface area (Å²) in [5.41, 5.74) is 0. The third-order valence-electron chi connectivity index (χ3n) is 0.377. The molecule has 0 radical (unpaired) electrons. The van der Waals surface area contributed by atoms with E-state index in [0.29, 0.717) is 0 Å². The zero-order valence-corrected chi connectivity index (χ0v) is 16.5. The maximum Gasteiger partial charge on any atom is 2.00 e. The quantitative estimate of drug-likeness (QED) is 0.161. The molecule has 0 rings (SSSR count). The second-order valence-corrected chi connectivity index (χ2v) is 13.3. The fourth-order valence-corrected chi connectivity index (χ4v) is 5.84. The molecule has 0 amide bonds. The van der Waals surface area contributed by atoms with Gasteiger partial charge in [0.2, 0.25) is 0 Å². The molecule has 0 aromatic rings. The molecule has 0 bridgehead atoms. The Morgan fingerprint density at radius 2 is 0.895 bits per heavy atom. The van der Waals surface area contributed by atoms with Crippen molar-refractivity contribution in [3.63, 3.8) is 0 Å². The van der Waals surface area contributed by atoms with Gasteiger partial charge in [0.05, 0.1) is 0 Å². The zero-order chi connectivity index (χ0) is 15.4. The van der Waals surface area contributed by atoms with Gasteiger partial charge in [0.15, 0.2) is 0 Å². The normalized spacial score (nSPS) is 12.9. The van der Waals surface area contributed by atoms with Gasteiger partial charge in [0, 0.05) is 0 Å². The van der Waals surface area contributed by atoms with Crippen molar-refractivity contribution in [3.8, 4) is 0 Å². The van der Waals surface area contributed by atoms with Gasteiger partial charge in [-0.1, -0.05) is 0 Å². The second-order valence-electron chi connectivity index (χ2n) is 1.95. The molecule has 120 valence electrons. The van der Waals surface area contributed by atoms with Crippen molar-refractivity contribution in [1.29, 1.82) is 0 Å². The topological polar surface area (TPSA) is 248 Å². The zero-order valence-electron chi connectivity index (χ0n) is 7.90. The van der Waals surface area contributed by atoms with Crippen LogP contribution < -0.4 is 7.52 Å². The van der Waals surface area contributed by atoms with Gasteiger partial charge >= 0.3 is 122 Å². The van der Waals surface area contributed by atoms with E-state index in [0.717, 1.165) is 0 Å². The molecule has 0 unspecified atom stereocenters. The average molecular weight is 716 g/mol. The summed E-state index contributed by atoms with van der Waals surface area (Å²) in [5.74, 6) is 0. The molecule has 0 heterocycles. The van der Waals surface area contributed by atoms with Crippen LogP contribution in [0.2, 0.25) is 0 Å². The molecule has 4 N–H and O–H groups in total. The molecule has 14 nitrogen and oxygen atoms in total. The van der Waals surface area contributed by atoms with E-state index in [2.05, 4.69) is 6.35 Å². The molecule has 0 spiro atoms. The van der Waals surface area contributed by atoms with Crippen LogP contribution in [0.25, 0.3) is 0 Å². The van der Waals surface area contributed by atoms with Gasteiger partial charge in [-0.25, -0.2) is 0 Å². The fourth-order valence-electron chi connectivity index (χ4n) is 0.238. The van der Waals surface area contributed by atoms with E-state index in [9.17, 15) is 30.2 Å². The molecule has 0 aromatic heterocycles. The first-order chi connectivity index (χ1) is 7.41. The van der Waals surface area contributed by atoms with Crippen LogP contribution in [-0.2, 0) is 79.1 Å². The van der Waals surface area contributed by atoms with Crippen LogP contribution in [0, 0.1) is 0 Å². The Labute approximate surface area is 121 Å². The minimum absolute atomic E-state index is 0.